The number of aromatic amines is 2. The number of thiophene rings is 1. The van der Waals surface area contributed by atoms with Crippen LogP contribution in [0.25, 0.3) is 49.3 Å². The molecular weight excluding hydrogens is 497 g/mol. The first-order valence-corrected chi connectivity index (χ1v) is 13.3. The average Bonchev–Trinajstić information content (AvgIpc) is 3.68. The van der Waals surface area contributed by atoms with E-state index in [1.54, 1.807) is 17.5 Å². The van der Waals surface area contributed by atoms with Gasteiger partial charge in [-0.15, -0.1) is 11.3 Å². The predicted molar refractivity (Wildman–Crippen MR) is 152 cm³/mol. The fourth-order valence-corrected chi connectivity index (χ4v) is 5.56. The lowest BCUT2D eigenvalue weighted by Gasteiger charge is -2.31. The van der Waals surface area contributed by atoms with Gasteiger partial charge in [-0.25, -0.2) is 14.4 Å². The lowest BCUT2D eigenvalue weighted by Crippen LogP contribution is -2.41. The van der Waals surface area contributed by atoms with Gasteiger partial charge in [0.15, 0.2) is 11.6 Å². The summed E-state index contributed by atoms with van der Waals surface area (Å²) in [6, 6.07) is 18.6. The van der Waals surface area contributed by atoms with E-state index in [4.69, 9.17) is 9.97 Å². The third-order valence-corrected chi connectivity index (χ3v) is 7.86. The summed E-state index contributed by atoms with van der Waals surface area (Å²) in [6.45, 7) is 4.15. The molecule has 7 nitrogen and oxygen atoms in total. The van der Waals surface area contributed by atoms with E-state index < -0.39 is 6.17 Å². The smallest absolute Gasteiger partial charge is 0.162 e. The summed E-state index contributed by atoms with van der Waals surface area (Å²) < 4.78 is 14.2. The number of halogens is 1. The number of anilines is 2. The summed E-state index contributed by atoms with van der Waals surface area (Å²) in [6.07, 6.45) is 4.05. The van der Waals surface area contributed by atoms with Gasteiger partial charge in [0.25, 0.3) is 0 Å². The number of hydrogen-bond donors (Lipinski definition) is 4. The second kappa shape index (κ2) is 9.11. The highest BCUT2D eigenvalue weighted by Crippen LogP contribution is 2.33. The molecule has 38 heavy (non-hydrogen) atoms. The number of H-pyrrole nitrogens is 2. The van der Waals surface area contributed by atoms with Crippen LogP contribution in [0.5, 0.6) is 0 Å². The zero-order valence-corrected chi connectivity index (χ0v) is 21.1. The first kappa shape index (κ1) is 22.7. The molecule has 0 bridgehead atoms. The number of nitrogens with zero attached hydrogens (tertiary/aromatic N) is 3. The highest BCUT2D eigenvalue weighted by Gasteiger charge is 2.29. The maximum absolute atomic E-state index is 13.2. The number of fused-ring (bicyclic) bond motifs is 2. The van der Waals surface area contributed by atoms with Crippen molar-refractivity contribution in [1.82, 2.24) is 30.5 Å². The topological polar surface area (TPSA) is 94.3 Å². The molecule has 4 aromatic heterocycles. The van der Waals surface area contributed by atoms with E-state index in [2.05, 4.69) is 62.7 Å². The van der Waals surface area contributed by atoms with E-state index in [0.717, 1.165) is 60.7 Å². The second-order valence-electron chi connectivity index (χ2n) is 9.59. The van der Waals surface area contributed by atoms with Gasteiger partial charge in [0.05, 0.1) is 27.8 Å². The first-order valence-electron chi connectivity index (χ1n) is 12.4. The second-order valence-corrected chi connectivity index (χ2v) is 10.5. The van der Waals surface area contributed by atoms with Crippen LogP contribution in [0.2, 0.25) is 0 Å². The Morgan fingerprint density at radius 2 is 1.84 bits per heavy atom. The van der Waals surface area contributed by atoms with Gasteiger partial charge >= 0.3 is 0 Å². The van der Waals surface area contributed by atoms with Crippen LogP contribution in [0.1, 0.15) is 18.5 Å². The van der Waals surface area contributed by atoms with Crippen molar-refractivity contribution in [3.8, 4) is 22.5 Å². The number of hydrogen-bond acceptors (Lipinski definition) is 6. The minimum atomic E-state index is -0.702. The summed E-state index contributed by atoms with van der Waals surface area (Å²) in [5.74, 6) is 1.42. The summed E-state index contributed by atoms with van der Waals surface area (Å²) in [5.41, 5.74) is 7.53. The molecule has 188 valence electrons. The SMILES string of the molecule is C=C(NC1CC(F)C1)c1cc2ccc(-c3nc(Nc4ccc(-c5cn[nH]c5)cc4)c4sccc4n3)cc2[nH]1. The Hall–Kier alpha value is -4.50. The Balaban J connectivity index is 1.18. The van der Waals surface area contributed by atoms with Crippen molar-refractivity contribution < 1.29 is 4.39 Å². The molecule has 1 aliphatic rings. The van der Waals surface area contributed by atoms with E-state index in [-0.39, 0.29) is 6.04 Å². The van der Waals surface area contributed by atoms with Gasteiger partial charge in [-0.3, -0.25) is 5.10 Å². The summed E-state index contributed by atoms with van der Waals surface area (Å²) in [4.78, 5) is 13.2. The Labute approximate surface area is 221 Å². The van der Waals surface area contributed by atoms with Crippen LogP contribution < -0.4 is 10.6 Å². The van der Waals surface area contributed by atoms with Crippen molar-refractivity contribution in [2.45, 2.75) is 25.1 Å². The van der Waals surface area contributed by atoms with Crippen molar-refractivity contribution in [3.05, 3.63) is 84.6 Å². The normalized spacial score (nSPS) is 17.0. The summed E-state index contributed by atoms with van der Waals surface area (Å²) in [7, 11) is 0. The van der Waals surface area contributed by atoms with Crippen molar-refractivity contribution in [3.63, 3.8) is 0 Å². The summed E-state index contributed by atoms with van der Waals surface area (Å²) in [5, 5.41) is 16.8. The molecule has 7 rings (SSSR count). The van der Waals surface area contributed by atoms with Crippen LogP contribution in [-0.2, 0) is 0 Å². The molecular formula is C29H24FN7S. The molecule has 4 heterocycles. The minimum Gasteiger partial charge on any atom is -0.381 e. The Morgan fingerprint density at radius 1 is 1.00 bits per heavy atom. The molecule has 9 heteroatoms. The van der Waals surface area contributed by atoms with Crippen molar-refractivity contribution >= 4 is 49.7 Å². The van der Waals surface area contributed by atoms with Crippen LogP contribution in [0, 0.1) is 0 Å². The molecule has 0 radical (unpaired) electrons. The quantitative estimate of drug-likeness (QED) is 0.181. The monoisotopic (exact) mass is 521 g/mol. The molecule has 1 fully saturated rings. The van der Waals surface area contributed by atoms with E-state index >= 15 is 0 Å². The highest BCUT2D eigenvalue weighted by molar-refractivity contribution is 7.17. The van der Waals surface area contributed by atoms with Crippen molar-refractivity contribution in [2.24, 2.45) is 0 Å². The molecule has 4 N–H and O–H groups in total. The zero-order chi connectivity index (χ0) is 25.6. The third kappa shape index (κ3) is 4.20. The maximum atomic E-state index is 13.2. The molecule has 0 saturated heterocycles. The van der Waals surface area contributed by atoms with Crippen LogP contribution in [-0.4, -0.2) is 37.4 Å². The molecule has 2 aromatic carbocycles. The third-order valence-electron chi connectivity index (χ3n) is 6.95. The van der Waals surface area contributed by atoms with Gasteiger partial charge in [0, 0.05) is 40.0 Å². The number of alkyl halides is 1. The van der Waals surface area contributed by atoms with Gasteiger partial charge < -0.3 is 15.6 Å². The number of nitrogens with one attached hydrogen (secondary N) is 4. The first-order chi connectivity index (χ1) is 18.6. The molecule has 1 aliphatic carbocycles. The van der Waals surface area contributed by atoms with Crippen molar-refractivity contribution in [1.29, 1.82) is 0 Å². The van der Waals surface area contributed by atoms with Crippen LogP contribution in [0.3, 0.4) is 0 Å². The molecule has 0 unspecified atom stereocenters. The number of benzene rings is 2. The van der Waals surface area contributed by atoms with Gasteiger partial charge in [0.2, 0.25) is 0 Å². The van der Waals surface area contributed by atoms with Crippen LogP contribution in [0.15, 0.2) is 78.9 Å². The molecule has 0 spiro atoms. The molecule has 0 aliphatic heterocycles. The standard InChI is InChI=1S/C29H24FN7S/c1-16(33-23-12-21(30)13-23)25-10-18-2-3-19(11-26(18)35-25)28-36-24-8-9-38-27(24)29(37-28)34-22-6-4-17(5-7-22)20-14-31-32-15-20/h2-11,14-15,21,23,33,35H,1,12-13H2,(H,31,32)(H,34,36,37). The predicted octanol–water partition coefficient (Wildman–Crippen LogP) is 7.03. The Morgan fingerprint density at radius 3 is 2.63 bits per heavy atom. The fraction of sp³-hybridized carbons (Fsp3) is 0.138. The molecule has 1 saturated carbocycles. The largest absolute Gasteiger partial charge is 0.381 e. The molecule has 0 amide bonds. The van der Waals surface area contributed by atoms with Gasteiger partial charge in [-0.1, -0.05) is 30.8 Å². The van der Waals surface area contributed by atoms with Gasteiger partial charge in [-0.2, -0.15) is 5.10 Å². The van der Waals surface area contributed by atoms with E-state index in [9.17, 15) is 4.39 Å². The average molecular weight is 522 g/mol. The molecule has 6 aromatic rings. The van der Waals surface area contributed by atoms with Crippen molar-refractivity contribution in [2.75, 3.05) is 5.32 Å². The van der Waals surface area contributed by atoms with Gasteiger partial charge in [0.1, 0.15) is 6.17 Å². The minimum absolute atomic E-state index is 0.151. The summed E-state index contributed by atoms with van der Waals surface area (Å²) >= 11 is 1.61. The van der Waals surface area contributed by atoms with E-state index in [1.807, 2.05) is 35.8 Å². The Bertz CT molecular complexity index is 1760. The highest BCUT2D eigenvalue weighted by atomic mass is 32.1. The van der Waals surface area contributed by atoms with Crippen LogP contribution in [0.4, 0.5) is 15.9 Å². The number of rotatable bonds is 7. The lowest BCUT2D eigenvalue weighted by molar-refractivity contribution is 0.167. The van der Waals surface area contributed by atoms with E-state index in [1.165, 1.54) is 0 Å². The fourth-order valence-electron chi connectivity index (χ4n) is 4.79. The Kier molecular flexibility index (Phi) is 5.44. The van der Waals surface area contributed by atoms with Gasteiger partial charge in [-0.05, 0) is 54.1 Å². The molecule has 0 atom stereocenters. The number of aromatic nitrogens is 5. The van der Waals surface area contributed by atoms with E-state index in [0.29, 0.717) is 18.7 Å². The lowest BCUT2D eigenvalue weighted by atomic mass is 9.90. The zero-order valence-electron chi connectivity index (χ0n) is 20.3. The van der Waals surface area contributed by atoms with Crippen LogP contribution >= 0.6 is 11.3 Å². The maximum Gasteiger partial charge on any atom is 0.162 e.